The monoisotopic (exact) mass is 334 g/mol. The van der Waals surface area contributed by atoms with Gasteiger partial charge in [-0.2, -0.15) is 0 Å². The van der Waals surface area contributed by atoms with E-state index in [0.29, 0.717) is 6.54 Å². The maximum atomic E-state index is 12.1. The quantitative estimate of drug-likeness (QED) is 0.671. The zero-order valence-electron chi connectivity index (χ0n) is 14.5. The van der Waals surface area contributed by atoms with E-state index in [4.69, 9.17) is 4.74 Å². The Morgan fingerprint density at radius 3 is 2.68 bits per heavy atom. The largest absolute Gasteiger partial charge is 0.497 e. The molecule has 4 heteroatoms. The summed E-state index contributed by atoms with van der Waals surface area (Å²) in [5.41, 5.74) is 4.27. The molecule has 0 bridgehead atoms. The number of fused-ring (bicyclic) bond motifs is 1. The van der Waals surface area contributed by atoms with Crippen molar-refractivity contribution in [1.82, 2.24) is 10.3 Å². The van der Waals surface area contributed by atoms with Crippen LogP contribution >= 0.6 is 0 Å². The van der Waals surface area contributed by atoms with E-state index in [0.717, 1.165) is 28.8 Å². The van der Waals surface area contributed by atoms with Crippen LogP contribution in [0.1, 0.15) is 18.1 Å². The number of rotatable bonds is 6. The molecule has 1 heterocycles. The van der Waals surface area contributed by atoms with Crippen molar-refractivity contribution in [1.29, 1.82) is 0 Å². The topological polar surface area (TPSA) is 54.1 Å². The molecule has 0 fully saturated rings. The minimum Gasteiger partial charge on any atom is -0.497 e. The molecule has 2 aromatic carbocycles. The van der Waals surface area contributed by atoms with E-state index < -0.39 is 0 Å². The fourth-order valence-corrected chi connectivity index (χ4v) is 2.84. The van der Waals surface area contributed by atoms with Crippen LogP contribution in [-0.2, 0) is 11.2 Å². The summed E-state index contributed by atoms with van der Waals surface area (Å²) in [5, 5.41) is 4.16. The minimum atomic E-state index is -0.0758. The summed E-state index contributed by atoms with van der Waals surface area (Å²) in [6.45, 7) is 2.54. The normalized spacial score (nSPS) is 11.5. The Morgan fingerprint density at radius 1 is 1.16 bits per heavy atom. The number of hydrogen-bond donors (Lipinski definition) is 2. The molecule has 2 N–H and O–H groups in total. The van der Waals surface area contributed by atoms with E-state index in [9.17, 15) is 4.79 Å². The lowest BCUT2D eigenvalue weighted by Gasteiger charge is -2.05. The van der Waals surface area contributed by atoms with Crippen molar-refractivity contribution in [3.05, 3.63) is 71.9 Å². The Hall–Kier alpha value is -3.01. The molecule has 0 unspecified atom stereocenters. The Bertz CT molecular complexity index is 892. The van der Waals surface area contributed by atoms with Crippen LogP contribution in [0.5, 0.6) is 5.75 Å². The van der Waals surface area contributed by atoms with E-state index in [-0.39, 0.29) is 5.91 Å². The van der Waals surface area contributed by atoms with Crippen LogP contribution in [0.25, 0.3) is 16.5 Å². The number of allylic oxidation sites excluding steroid dienone is 1. The molecular formula is C21H22N2O2. The number of methoxy groups -OCH3 is 1. The zero-order valence-corrected chi connectivity index (χ0v) is 14.5. The van der Waals surface area contributed by atoms with Gasteiger partial charge in [0.25, 0.3) is 0 Å². The summed E-state index contributed by atoms with van der Waals surface area (Å²) in [7, 11) is 1.64. The summed E-state index contributed by atoms with van der Waals surface area (Å²) in [6, 6.07) is 15.9. The lowest BCUT2D eigenvalue weighted by molar-refractivity contribution is -0.116. The van der Waals surface area contributed by atoms with Crippen molar-refractivity contribution in [2.24, 2.45) is 0 Å². The van der Waals surface area contributed by atoms with Gasteiger partial charge < -0.3 is 15.0 Å². The standard InChI is InChI=1S/C21H22N2O2/c1-15(16-7-9-18(25-2)10-8-16)13-21(24)22-12-11-17-14-23-20-6-4-3-5-19(17)20/h3-10,13-14,23H,11-12H2,1-2H3,(H,22,24)/b15-13+. The number of carbonyl (C=O) groups is 1. The highest BCUT2D eigenvalue weighted by molar-refractivity contribution is 5.94. The number of aromatic amines is 1. The minimum absolute atomic E-state index is 0.0758. The average molecular weight is 334 g/mol. The fourth-order valence-electron chi connectivity index (χ4n) is 2.84. The third-order valence-electron chi connectivity index (χ3n) is 4.26. The Morgan fingerprint density at radius 2 is 1.92 bits per heavy atom. The van der Waals surface area contributed by atoms with E-state index in [1.54, 1.807) is 13.2 Å². The number of para-hydroxylation sites is 1. The van der Waals surface area contributed by atoms with Crippen LogP contribution in [0.2, 0.25) is 0 Å². The molecule has 0 atom stereocenters. The average Bonchev–Trinajstić information content (AvgIpc) is 3.05. The highest BCUT2D eigenvalue weighted by Gasteiger charge is 2.04. The highest BCUT2D eigenvalue weighted by atomic mass is 16.5. The van der Waals surface area contributed by atoms with Gasteiger partial charge in [-0.25, -0.2) is 0 Å². The van der Waals surface area contributed by atoms with Crippen LogP contribution in [-0.4, -0.2) is 24.5 Å². The molecule has 0 aliphatic heterocycles. The number of carbonyl (C=O) groups excluding carboxylic acids is 1. The summed E-state index contributed by atoms with van der Waals surface area (Å²) < 4.78 is 5.15. The van der Waals surface area contributed by atoms with Gasteiger partial charge >= 0.3 is 0 Å². The predicted molar refractivity (Wildman–Crippen MR) is 102 cm³/mol. The van der Waals surface area contributed by atoms with Gasteiger partial charge in [0.05, 0.1) is 7.11 Å². The first-order chi connectivity index (χ1) is 12.2. The molecule has 3 rings (SSSR count). The van der Waals surface area contributed by atoms with Crippen molar-refractivity contribution in [2.45, 2.75) is 13.3 Å². The van der Waals surface area contributed by atoms with Crippen LogP contribution in [0.3, 0.4) is 0 Å². The summed E-state index contributed by atoms with van der Waals surface area (Å²) >= 11 is 0. The van der Waals surface area contributed by atoms with Gasteiger partial charge in [-0.3, -0.25) is 4.79 Å². The summed E-state index contributed by atoms with van der Waals surface area (Å²) in [4.78, 5) is 15.4. The molecular weight excluding hydrogens is 312 g/mol. The Labute approximate surface area is 147 Å². The van der Waals surface area contributed by atoms with Gasteiger partial charge in [0.1, 0.15) is 5.75 Å². The molecule has 25 heavy (non-hydrogen) atoms. The second kappa shape index (κ2) is 7.71. The van der Waals surface area contributed by atoms with E-state index in [1.165, 1.54) is 10.9 Å². The van der Waals surface area contributed by atoms with E-state index in [2.05, 4.69) is 22.4 Å². The lowest BCUT2D eigenvalue weighted by atomic mass is 10.1. The molecule has 0 radical (unpaired) electrons. The van der Waals surface area contributed by atoms with Gasteiger partial charge in [-0.05, 0) is 48.2 Å². The SMILES string of the molecule is COc1ccc(/C(C)=C/C(=O)NCCc2c[nH]c3ccccc23)cc1. The number of hydrogen-bond acceptors (Lipinski definition) is 2. The Balaban J connectivity index is 1.56. The molecule has 0 aliphatic carbocycles. The molecule has 0 saturated carbocycles. The highest BCUT2D eigenvalue weighted by Crippen LogP contribution is 2.19. The van der Waals surface area contributed by atoms with Crippen molar-refractivity contribution in [2.75, 3.05) is 13.7 Å². The molecule has 1 amide bonds. The molecule has 1 aromatic heterocycles. The van der Waals surface area contributed by atoms with Gasteiger partial charge in [-0.1, -0.05) is 30.3 Å². The number of benzene rings is 2. The molecule has 128 valence electrons. The number of H-pyrrole nitrogens is 1. The fraction of sp³-hybridized carbons (Fsp3) is 0.190. The van der Waals surface area contributed by atoms with Crippen molar-refractivity contribution in [3.63, 3.8) is 0 Å². The molecule has 0 saturated heterocycles. The number of aromatic nitrogens is 1. The van der Waals surface area contributed by atoms with E-state index in [1.807, 2.05) is 49.5 Å². The van der Waals surface area contributed by atoms with Crippen LogP contribution < -0.4 is 10.1 Å². The van der Waals surface area contributed by atoms with Crippen LogP contribution in [0.15, 0.2) is 60.8 Å². The molecule has 3 aromatic rings. The van der Waals surface area contributed by atoms with Crippen LogP contribution in [0.4, 0.5) is 0 Å². The number of ether oxygens (including phenoxy) is 1. The second-order valence-electron chi connectivity index (χ2n) is 5.96. The third-order valence-corrected chi connectivity index (χ3v) is 4.26. The van der Waals surface area contributed by atoms with E-state index >= 15 is 0 Å². The number of nitrogens with one attached hydrogen (secondary N) is 2. The van der Waals surface area contributed by atoms with Gasteiger partial charge in [-0.15, -0.1) is 0 Å². The molecule has 4 nitrogen and oxygen atoms in total. The summed E-state index contributed by atoms with van der Waals surface area (Å²) in [5.74, 6) is 0.730. The maximum Gasteiger partial charge on any atom is 0.244 e. The van der Waals surface area contributed by atoms with Crippen LogP contribution in [0, 0.1) is 0 Å². The zero-order chi connectivity index (χ0) is 17.6. The number of amides is 1. The first-order valence-electron chi connectivity index (χ1n) is 8.33. The van der Waals surface area contributed by atoms with Gasteiger partial charge in [0.2, 0.25) is 5.91 Å². The first-order valence-corrected chi connectivity index (χ1v) is 8.33. The first kappa shape index (κ1) is 16.8. The second-order valence-corrected chi connectivity index (χ2v) is 5.96. The third kappa shape index (κ3) is 4.10. The summed E-state index contributed by atoms with van der Waals surface area (Å²) in [6.07, 6.45) is 4.44. The lowest BCUT2D eigenvalue weighted by Crippen LogP contribution is -2.23. The predicted octanol–water partition coefficient (Wildman–Crippen LogP) is 3.94. The molecule has 0 aliphatic rings. The van der Waals surface area contributed by atoms with Crippen molar-refractivity contribution in [3.8, 4) is 5.75 Å². The van der Waals surface area contributed by atoms with Crippen molar-refractivity contribution >= 4 is 22.4 Å². The van der Waals surface area contributed by atoms with Gasteiger partial charge in [0, 0.05) is 29.7 Å². The smallest absolute Gasteiger partial charge is 0.244 e. The Kier molecular flexibility index (Phi) is 5.19. The van der Waals surface area contributed by atoms with Gasteiger partial charge in [0.15, 0.2) is 0 Å². The molecule has 0 spiro atoms. The van der Waals surface area contributed by atoms with Crippen molar-refractivity contribution < 1.29 is 9.53 Å². The maximum absolute atomic E-state index is 12.1.